The molecule has 0 aliphatic heterocycles. The highest BCUT2D eigenvalue weighted by Gasteiger charge is 2.20. The Morgan fingerprint density at radius 3 is 2.00 bits per heavy atom. The second-order valence-corrected chi connectivity index (χ2v) is 3.83. The number of likely N-dealkylation sites (N-methyl/N-ethyl adjacent to an activating group) is 1. The van der Waals surface area contributed by atoms with E-state index in [1.807, 2.05) is 6.92 Å². The second-order valence-electron chi connectivity index (χ2n) is 3.83. The van der Waals surface area contributed by atoms with Gasteiger partial charge in [-0.2, -0.15) is 0 Å². The lowest BCUT2D eigenvalue weighted by Gasteiger charge is -2.28. The van der Waals surface area contributed by atoms with E-state index >= 15 is 0 Å². The molecule has 0 radical (unpaired) electrons. The largest absolute Gasteiger partial charge is 0.394 e. The van der Waals surface area contributed by atoms with Gasteiger partial charge in [0.1, 0.15) is 0 Å². The summed E-state index contributed by atoms with van der Waals surface area (Å²) in [7, 11) is 0. The molecule has 86 valence electrons. The normalized spacial score (nSPS) is 12.4. The van der Waals surface area contributed by atoms with Gasteiger partial charge < -0.3 is 20.4 Å². The third-order valence-electron chi connectivity index (χ3n) is 2.57. The molecule has 0 aromatic heterocycles. The molecular formula is C10H24N2O2. The number of hydrogen-bond donors (Lipinski definition) is 3. The topological polar surface area (TPSA) is 55.7 Å². The van der Waals surface area contributed by atoms with Crippen molar-refractivity contribution in [2.24, 2.45) is 0 Å². The molecular weight excluding hydrogens is 180 g/mol. The summed E-state index contributed by atoms with van der Waals surface area (Å²) in [5.74, 6) is 0. The minimum atomic E-state index is -0.548. The van der Waals surface area contributed by atoms with E-state index in [4.69, 9.17) is 10.2 Å². The van der Waals surface area contributed by atoms with E-state index in [-0.39, 0.29) is 13.2 Å². The van der Waals surface area contributed by atoms with Crippen LogP contribution in [-0.2, 0) is 0 Å². The molecule has 0 atom stereocenters. The van der Waals surface area contributed by atoms with Gasteiger partial charge in [0.05, 0.1) is 18.8 Å². The monoisotopic (exact) mass is 204 g/mol. The molecule has 0 bridgehead atoms. The Balaban J connectivity index is 3.70. The molecule has 0 rings (SSSR count). The summed E-state index contributed by atoms with van der Waals surface area (Å²) >= 11 is 0. The fraction of sp³-hybridized carbons (Fsp3) is 1.00. The van der Waals surface area contributed by atoms with Crippen LogP contribution < -0.4 is 5.32 Å². The van der Waals surface area contributed by atoms with E-state index < -0.39 is 5.54 Å². The lowest BCUT2D eigenvalue weighted by Crippen LogP contribution is -2.51. The van der Waals surface area contributed by atoms with Crippen molar-refractivity contribution < 1.29 is 10.2 Å². The van der Waals surface area contributed by atoms with Gasteiger partial charge in [-0.15, -0.1) is 0 Å². The van der Waals surface area contributed by atoms with Crippen molar-refractivity contribution in [2.45, 2.75) is 26.3 Å². The minimum absolute atomic E-state index is 0.0399. The maximum atomic E-state index is 9.03. The van der Waals surface area contributed by atoms with Crippen LogP contribution >= 0.6 is 0 Å². The van der Waals surface area contributed by atoms with Crippen LogP contribution in [0, 0.1) is 0 Å². The molecule has 3 N–H and O–H groups in total. The quantitative estimate of drug-likeness (QED) is 0.506. The SMILES string of the molecule is CCN(CC)CCNC(C)(CO)CO. The molecule has 0 aromatic rings. The average Bonchev–Trinajstić information content (AvgIpc) is 2.24. The summed E-state index contributed by atoms with van der Waals surface area (Å²) in [6.45, 7) is 9.79. The van der Waals surface area contributed by atoms with Gasteiger partial charge in [0, 0.05) is 13.1 Å². The molecule has 0 saturated carbocycles. The summed E-state index contributed by atoms with van der Waals surface area (Å²) in [6, 6.07) is 0. The summed E-state index contributed by atoms with van der Waals surface area (Å²) in [6.07, 6.45) is 0. The first-order valence-electron chi connectivity index (χ1n) is 5.31. The van der Waals surface area contributed by atoms with Crippen LogP contribution in [0.5, 0.6) is 0 Å². The van der Waals surface area contributed by atoms with Crippen molar-refractivity contribution in [3.05, 3.63) is 0 Å². The molecule has 0 spiro atoms. The van der Waals surface area contributed by atoms with Crippen molar-refractivity contribution in [1.82, 2.24) is 10.2 Å². The molecule has 0 fully saturated rings. The Kier molecular flexibility index (Phi) is 7.09. The zero-order chi connectivity index (χ0) is 11.0. The van der Waals surface area contributed by atoms with E-state index in [9.17, 15) is 0 Å². The predicted octanol–water partition coefficient (Wildman–Crippen LogP) is -0.339. The third kappa shape index (κ3) is 4.91. The highest BCUT2D eigenvalue weighted by Crippen LogP contribution is 1.99. The third-order valence-corrected chi connectivity index (χ3v) is 2.57. The van der Waals surface area contributed by atoms with Gasteiger partial charge in [0.15, 0.2) is 0 Å². The Hall–Kier alpha value is -0.160. The second kappa shape index (κ2) is 7.17. The molecule has 4 heteroatoms. The number of hydrogen-bond acceptors (Lipinski definition) is 4. The van der Waals surface area contributed by atoms with E-state index in [0.717, 1.165) is 26.2 Å². The molecule has 0 aromatic carbocycles. The number of nitrogens with one attached hydrogen (secondary N) is 1. The first kappa shape index (κ1) is 13.8. The Morgan fingerprint density at radius 1 is 1.14 bits per heavy atom. The zero-order valence-electron chi connectivity index (χ0n) is 9.58. The van der Waals surface area contributed by atoms with Gasteiger partial charge in [0.25, 0.3) is 0 Å². The predicted molar refractivity (Wildman–Crippen MR) is 58.4 cm³/mol. The Morgan fingerprint density at radius 2 is 1.64 bits per heavy atom. The molecule has 0 saturated heterocycles. The molecule has 4 nitrogen and oxygen atoms in total. The Bertz CT molecular complexity index is 134. The molecule has 0 aliphatic carbocycles. The van der Waals surface area contributed by atoms with Gasteiger partial charge >= 0.3 is 0 Å². The van der Waals surface area contributed by atoms with Crippen molar-refractivity contribution >= 4 is 0 Å². The molecule has 0 unspecified atom stereocenters. The van der Waals surface area contributed by atoms with Crippen molar-refractivity contribution in [3.63, 3.8) is 0 Å². The highest BCUT2D eigenvalue weighted by atomic mass is 16.3. The molecule has 0 amide bonds. The standard InChI is InChI=1S/C10H24N2O2/c1-4-12(5-2)7-6-11-10(3,8-13)9-14/h11,13-14H,4-9H2,1-3H3. The highest BCUT2D eigenvalue weighted by molar-refractivity contribution is 4.81. The first-order valence-corrected chi connectivity index (χ1v) is 5.31. The number of rotatable bonds is 8. The van der Waals surface area contributed by atoms with Crippen LogP contribution in [-0.4, -0.2) is 60.0 Å². The smallest absolute Gasteiger partial charge is 0.0633 e. The fourth-order valence-corrected chi connectivity index (χ4v) is 1.22. The van der Waals surface area contributed by atoms with Gasteiger partial charge in [-0.3, -0.25) is 0 Å². The van der Waals surface area contributed by atoms with E-state index in [0.29, 0.717) is 0 Å². The fourth-order valence-electron chi connectivity index (χ4n) is 1.22. The Labute approximate surface area is 86.9 Å². The average molecular weight is 204 g/mol. The molecule has 14 heavy (non-hydrogen) atoms. The number of aliphatic hydroxyl groups is 2. The van der Waals surface area contributed by atoms with Crippen molar-refractivity contribution in [2.75, 3.05) is 39.4 Å². The maximum Gasteiger partial charge on any atom is 0.0633 e. The molecule has 0 aliphatic rings. The molecule has 0 heterocycles. The van der Waals surface area contributed by atoms with Crippen LogP contribution in [0.4, 0.5) is 0 Å². The first-order chi connectivity index (χ1) is 6.61. The van der Waals surface area contributed by atoms with E-state index in [1.54, 1.807) is 0 Å². The van der Waals surface area contributed by atoms with E-state index in [1.165, 1.54) is 0 Å². The number of nitrogens with zero attached hydrogens (tertiary/aromatic N) is 1. The van der Waals surface area contributed by atoms with Crippen LogP contribution in [0.15, 0.2) is 0 Å². The zero-order valence-corrected chi connectivity index (χ0v) is 9.58. The van der Waals surface area contributed by atoms with Gasteiger partial charge in [-0.25, -0.2) is 0 Å². The van der Waals surface area contributed by atoms with Crippen LogP contribution in [0.1, 0.15) is 20.8 Å². The van der Waals surface area contributed by atoms with Crippen LogP contribution in [0.2, 0.25) is 0 Å². The van der Waals surface area contributed by atoms with Gasteiger partial charge in [-0.1, -0.05) is 13.8 Å². The summed E-state index contributed by atoms with van der Waals surface area (Å²) in [5, 5.41) is 21.2. The lowest BCUT2D eigenvalue weighted by molar-refractivity contribution is 0.101. The summed E-state index contributed by atoms with van der Waals surface area (Å²) in [5.41, 5.74) is -0.548. The lowest BCUT2D eigenvalue weighted by atomic mass is 10.1. The number of aliphatic hydroxyl groups excluding tert-OH is 2. The van der Waals surface area contributed by atoms with Crippen molar-refractivity contribution in [1.29, 1.82) is 0 Å². The van der Waals surface area contributed by atoms with Crippen LogP contribution in [0.3, 0.4) is 0 Å². The van der Waals surface area contributed by atoms with E-state index in [2.05, 4.69) is 24.1 Å². The van der Waals surface area contributed by atoms with Gasteiger partial charge in [-0.05, 0) is 20.0 Å². The minimum Gasteiger partial charge on any atom is -0.394 e. The summed E-state index contributed by atoms with van der Waals surface area (Å²) < 4.78 is 0. The van der Waals surface area contributed by atoms with Gasteiger partial charge in [0.2, 0.25) is 0 Å². The summed E-state index contributed by atoms with van der Waals surface area (Å²) in [4.78, 5) is 2.29. The maximum absolute atomic E-state index is 9.03. The van der Waals surface area contributed by atoms with Crippen molar-refractivity contribution in [3.8, 4) is 0 Å². The van der Waals surface area contributed by atoms with Crippen LogP contribution in [0.25, 0.3) is 0 Å².